The van der Waals surface area contributed by atoms with Gasteiger partial charge in [0, 0.05) is 26.2 Å². The van der Waals surface area contributed by atoms with Crippen molar-refractivity contribution in [1.82, 2.24) is 24.4 Å². The lowest BCUT2D eigenvalue weighted by Gasteiger charge is -2.28. The zero-order valence-corrected chi connectivity index (χ0v) is 16.2. The van der Waals surface area contributed by atoms with Gasteiger partial charge in [-0.05, 0) is 18.6 Å². The third kappa shape index (κ3) is 3.58. The normalized spacial score (nSPS) is 13.7. The largest absolute Gasteiger partial charge is 0.340 e. The Morgan fingerprint density at radius 2 is 2.03 bits per heavy atom. The van der Waals surface area contributed by atoms with Crippen LogP contribution < -0.4 is 15.8 Å². The summed E-state index contributed by atoms with van der Waals surface area (Å²) in [6.07, 6.45) is 1.50. The first-order valence-corrected chi connectivity index (χ1v) is 9.52. The van der Waals surface area contributed by atoms with E-state index in [1.807, 2.05) is 22.8 Å². The lowest BCUT2D eigenvalue weighted by molar-refractivity contribution is 0.572. The van der Waals surface area contributed by atoms with Gasteiger partial charge in [-0.25, -0.2) is 4.98 Å². The molecule has 0 amide bonds. The molecule has 4 rings (SSSR count). The second-order valence-corrected chi connectivity index (χ2v) is 6.78. The minimum atomic E-state index is -0.186. The van der Waals surface area contributed by atoms with Gasteiger partial charge in [-0.1, -0.05) is 24.1 Å². The molecule has 1 fully saturated rings. The minimum absolute atomic E-state index is 0.186. The van der Waals surface area contributed by atoms with Gasteiger partial charge >= 0.3 is 0 Å². The van der Waals surface area contributed by atoms with E-state index in [0.29, 0.717) is 23.3 Å². The van der Waals surface area contributed by atoms with Crippen molar-refractivity contribution in [3.8, 4) is 17.9 Å². The van der Waals surface area contributed by atoms with Gasteiger partial charge in [-0.2, -0.15) is 10.2 Å². The summed E-state index contributed by atoms with van der Waals surface area (Å²) < 4.78 is 3.39. The molecule has 3 heterocycles. The topological polar surface area (TPSA) is 91.8 Å². The summed E-state index contributed by atoms with van der Waals surface area (Å²) in [5, 5.41) is 12.7. The van der Waals surface area contributed by atoms with Crippen LogP contribution in [0.4, 0.5) is 5.95 Å². The number of hydrogen-bond donors (Lipinski definition) is 1. The molecular formula is C21H21N7O. The van der Waals surface area contributed by atoms with E-state index in [9.17, 15) is 10.1 Å². The number of nitrogens with zero attached hydrogens (tertiary/aromatic N) is 6. The molecule has 0 unspecified atom stereocenters. The number of nitriles is 1. The highest BCUT2D eigenvalue weighted by Gasteiger charge is 2.22. The molecule has 1 aliphatic rings. The first kappa shape index (κ1) is 18.7. The van der Waals surface area contributed by atoms with Crippen LogP contribution >= 0.6 is 0 Å². The monoisotopic (exact) mass is 387 g/mol. The average Bonchev–Trinajstić information content (AvgIpc) is 3.14. The zero-order valence-electron chi connectivity index (χ0n) is 16.2. The third-order valence-corrected chi connectivity index (χ3v) is 5.00. The van der Waals surface area contributed by atoms with Crippen molar-refractivity contribution in [3.63, 3.8) is 0 Å². The van der Waals surface area contributed by atoms with Gasteiger partial charge in [0.2, 0.25) is 5.95 Å². The molecule has 1 N–H and O–H groups in total. The van der Waals surface area contributed by atoms with Crippen LogP contribution in [0.2, 0.25) is 0 Å². The van der Waals surface area contributed by atoms with Crippen molar-refractivity contribution in [1.29, 1.82) is 5.26 Å². The molecule has 2 aromatic heterocycles. The van der Waals surface area contributed by atoms with Crippen LogP contribution in [-0.4, -0.2) is 45.3 Å². The Kier molecular flexibility index (Phi) is 5.28. The molecule has 8 nitrogen and oxygen atoms in total. The molecule has 0 saturated carbocycles. The molecule has 1 saturated heterocycles. The summed E-state index contributed by atoms with van der Waals surface area (Å²) in [4.78, 5) is 24.6. The van der Waals surface area contributed by atoms with Gasteiger partial charge in [0.05, 0.1) is 24.7 Å². The first-order valence-electron chi connectivity index (χ1n) is 9.52. The molecule has 0 radical (unpaired) electrons. The number of hydrogen-bond acceptors (Lipinski definition) is 6. The highest BCUT2D eigenvalue weighted by Crippen LogP contribution is 2.20. The van der Waals surface area contributed by atoms with E-state index < -0.39 is 0 Å². The standard InChI is InChI=1S/C21H21N7O/c1-2-3-10-28-18-19(25-21(28)26-11-8-23-9-12-26)24-15-27(20(18)29)14-17-7-5-4-6-16(17)13-22/h4-7,15,23H,8-12,14H2,1H3. The van der Waals surface area contributed by atoms with E-state index in [0.717, 1.165) is 37.7 Å². The maximum Gasteiger partial charge on any atom is 0.280 e. The summed E-state index contributed by atoms with van der Waals surface area (Å²) in [6.45, 7) is 5.79. The quantitative estimate of drug-likeness (QED) is 0.670. The zero-order chi connectivity index (χ0) is 20.2. The molecule has 146 valence electrons. The van der Waals surface area contributed by atoms with Gasteiger partial charge in [-0.3, -0.25) is 13.9 Å². The highest BCUT2D eigenvalue weighted by atomic mass is 16.1. The predicted octanol–water partition coefficient (Wildman–Crippen LogP) is 0.946. The van der Waals surface area contributed by atoms with Crippen LogP contribution in [-0.2, 0) is 13.1 Å². The van der Waals surface area contributed by atoms with Crippen LogP contribution in [0.15, 0.2) is 35.4 Å². The van der Waals surface area contributed by atoms with Crippen molar-refractivity contribution < 1.29 is 0 Å². The Labute approximate surface area is 168 Å². The number of anilines is 1. The predicted molar refractivity (Wildman–Crippen MR) is 111 cm³/mol. The Morgan fingerprint density at radius 3 is 2.79 bits per heavy atom. The van der Waals surface area contributed by atoms with Crippen LogP contribution in [0.1, 0.15) is 18.1 Å². The van der Waals surface area contributed by atoms with Gasteiger partial charge in [0.1, 0.15) is 6.33 Å². The van der Waals surface area contributed by atoms with E-state index >= 15 is 0 Å². The van der Waals surface area contributed by atoms with Crippen molar-refractivity contribution in [2.75, 3.05) is 31.1 Å². The van der Waals surface area contributed by atoms with E-state index in [1.54, 1.807) is 13.0 Å². The fourth-order valence-corrected chi connectivity index (χ4v) is 3.52. The van der Waals surface area contributed by atoms with Gasteiger partial charge < -0.3 is 10.2 Å². The molecule has 1 aromatic carbocycles. The van der Waals surface area contributed by atoms with Crippen LogP contribution in [0, 0.1) is 23.2 Å². The second-order valence-electron chi connectivity index (χ2n) is 6.78. The highest BCUT2D eigenvalue weighted by molar-refractivity contribution is 5.74. The fourth-order valence-electron chi connectivity index (χ4n) is 3.52. The molecule has 0 atom stereocenters. The van der Waals surface area contributed by atoms with Gasteiger partial charge in [-0.15, -0.1) is 5.92 Å². The van der Waals surface area contributed by atoms with Gasteiger partial charge in [0.15, 0.2) is 11.2 Å². The second kappa shape index (κ2) is 8.17. The van der Waals surface area contributed by atoms with Crippen LogP contribution in [0.25, 0.3) is 11.2 Å². The molecule has 3 aromatic rings. The van der Waals surface area contributed by atoms with Crippen molar-refractivity contribution in [2.24, 2.45) is 0 Å². The summed E-state index contributed by atoms with van der Waals surface area (Å²) in [6, 6.07) is 9.44. The fraction of sp³-hybridized carbons (Fsp3) is 0.333. The number of imidazole rings is 1. The number of rotatable bonds is 4. The van der Waals surface area contributed by atoms with Gasteiger partial charge in [0.25, 0.3) is 5.56 Å². The Hall–Kier alpha value is -3.62. The molecular weight excluding hydrogens is 366 g/mol. The van der Waals surface area contributed by atoms with E-state index in [-0.39, 0.29) is 12.1 Å². The van der Waals surface area contributed by atoms with Crippen LogP contribution in [0.5, 0.6) is 0 Å². The van der Waals surface area contributed by atoms with Crippen molar-refractivity contribution in [2.45, 2.75) is 20.0 Å². The number of fused-ring (bicyclic) bond motifs is 1. The molecule has 29 heavy (non-hydrogen) atoms. The maximum atomic E-state index is 13.3. The summed E-state index contributed by atoms with van der Waals surface area (Å²) in [7, 11) is 0. The maximum absolute atomic E-state index is 13.3. The molecule has 0 spiro atoms. The van der Waals surface area contributed by atoms with E-state index in [2.05, 4.69) is 38.1 Å². The summed E-state index contributed by atoms with van der Waals surface area (Å²) in [5.74, 6) is 6.67. The first-order chi connectivity index (χ1) is 14.2. The average molecular weight is 387 g/mol. The molecule has 8 heteroatoms. The summed E-state index contributed by atoms with van der Waals surface area (Å²) >= 11 is 0. The van der Waals surface area contributed by atoms with E-state index in [1.165, 1.54) is 10.9 Å². The Bertz CT molecular complexity index is 1200. The van der Waals surface area contributed by atoms with Crippen LogP contribution in [0.3, 0.4) is 0 Å². The Balaban J connectivity index is 1.82. The van der Waals surface area contributed by atoms with Crippen molar-refractivity contribution >= 4 is 17.1 Å². The number of aromatic nitrogens is 4. The molecule has 1 aliphatic heterocycles. The number of nitrogens with one attached hydrogen (secondary N) is 1. The minimum Gasteiger partial charge on any atom is -0.340 e. The molecule has 0 bridgehead atoms. The third-order valence-electron chi connectivity index (χ3n) is 5.00. The SMILES string of the molecule is CC#CCn1c(N2CCNCC2)nc2ncn(Cc3ccccc3C#N)c(=O)c21. The lowest BCUT2D eigenvalue weighted by atomic mass is 10.1. The lowest BCUT2D eigenvalue weighted by Crippen LogP contribution is -2.44. The smallest absolute Gasteiger partial charge is 0.280 e. The van der Waals surface area contributed by atoms with Crippen molar-refractivity contribution in [3.05, 3.63) is 52.1 Å². The summed E-state index contributed by atoms with van der Waals surface area (Å²) in [5.41, 5.74) is 2.00. The van der Waals surface area contributed by atoms with E-state index in [4.69, 9.17) is 0 Å². The number of piperazine rings is 1. The molecule has 0 aliphatic carbocycles. The number of benzene rings is 1. The Morgan fingerprint density at radius 1 is 1.24 bits per heavy atom.